The molecule has 0 unspecified atom stereocenters. The lowest BCUT2D eigenvalue weighted by molar-refractivity contribution is 0.551. The van der Waals surface area contributed by atoms with Crippen LogP contribution in [0.5, 0.6) is 0 Å². The van der Waals surface area contributed by atoms with Crippen molar-refractivity contribution >= 4 is 10.0 Å². The van der Waals surface area contributed by atoms with E-state index < -0.39 is 15.6 Å². The molecule has 1 aromatic carbocycles. The van der Waals surface area contributed by atoms with Crippen LogP contribution in [0.25, 0.3) is 0 Å². The maximum absolute atomic E-state index is 12.0. The number of rotatable bonds is 4. The van der Waals surface area contributed by atoms with E-state index in [1.165, 1.54) is 0 Å². The summed E-state index contributed by atoms with van der Waals surface area (Å²) in [6, 6.07) is 6.93. The number of nitrogens with two attached hydrogens (primary N) is 1. The van der Waals surface area contributed by atoms with Crippen molar-refractivity contribution in [1.82, 2.24) is 4.72 Å². The van der Waals surface area contributed by atoms with Gasteiger partial charge in [-0.1, -0.05) is 12.1 Å². The highest BCUT2D eigenvalue weighted by atomic mass is 32.2. The molecule has 0 heterocycles. The zero-order chi connectivity index (χ0) is 12.7. The van der Waals surface area contributed by atoms with Crippen molar-refractivity contribution in [2.24, 2.45) is 5.73 Å². The molecule has 17 heavy (non-hydrogen) atoms. The molecule has 4 nitrogen and oxygen atoms in total. The van der Waals surface area contributed by atoms with Gasteiger partial charge in [-0.05, 0) is 44.4 Å². The van der Waals surface area contributed by atoms with E-state index >= 15 is 0 Å². The average Bonchev–Trinajstić information content (AvgIpc) is 3.00. The van der Waals surface area contributed by atoms with Gasteiger partial charge >= 0.3 is 0 Å². The second-order valence-corrected chi connectivity index (χ2v) is 6.86. The third-order valence-electron chi connectivity index (χ3n) is 2.79. The summed E-state index contributed by atoms with van der Waals surface area (Å²) in [5.41, 5.74) is 6.25. The molecule has 0 aliphatic heterocycles. The first kappa shape index (κ1) is 12.5. The van der Waals surface area contributed by atoms with E-state index in [1.807, 2.05) is 19.9 Å². The van der Waals surface area contributed by atoms with Crippen LogP contribution < -0.4 is 10.5 Å². The van der Waals surface area contributed by atoms with Gasteiger partial charge in [0.2, 0.25) is 10.0 Å². The zero-order valence-electron chi connectivity index (χ0n) is 10.1. The molecule has 3 N–H and O–H groups in total. The topological polar surface area (TPSA) is 72.2 Å². The van der Waals surface area contributed by atoms with Gasteiger partial charge < -0.3 is 5.73 Å². The smallest absolute Gasteiger partial charge is 0.240 e. The Labute approximate surface area is 102 Å². The average molecular weight is 254 g/mol. The molecule has 1 saturated carbocycles. The Hall–Kier alpha value is -0.910. The maximum Gasteiger partial charge on any atom is 0.240 e. The molecule has 1 aliphatic carbocycles. The third-order valence-corrected chi connectivity index (χ3v) is 4.31. The first-order chi connectivity index (χ1) is 7.79. The van der Waals surface area contributed by atoms with Crippen molar-refractivity contribution < 1.29 is 8.42 Å². The number of sulfonamides is 1. The van der Waals surface area contributed by atoms with Gasteiger partial charge in [-0.3, -0.25) is 0 Å². The van der Waals surface area contributed by atoms with Crippen molar-refractivity contribution in [3.05, 3.63) is 29.8 Å². The van der Waals surface area contributed by atoms with E-state index in [-0.39, 0.29) is 6.04 Å². The summed E-state index contributed by atoms with van der Waals surface area (Å²) in [6.07, 6.45) is 1.86. The van der Waals surface area contributed by atoms with Gasteiger partial charge in [0.15, 0.2) is 0 Å². The van der Waals surface area contributed by atoms with Crippen LogP contribution in [0.4, 0.5) is 0 Å². The molecule has 0 spiro atoms. The molecule has 1 fully saturated rings. The molecular weight excluding hydrogens is 236 g/mol. The van der Waals surface area contributed by atoms with E-state index in [2.05, 4.69) is 4.72 Å². The second kappa shape index (κ2) is 4.08. The van der Waals surface area contributed by atoms with Crippen molar-refractivity contribution in [3.63, 3.8) is 0 Å². The van der Waals surface area contributed by atoms with Gasteiger partial charge in [-0.25, -0.2) is 13.1 Å². The summed E-state index contributed by atoms with van der Waals surface area (Å²) in [6.45, 7) is 3.71. The maximum atomic E-state index is 12.0. The Morgan fingerprint density at radius 3 is 2.53 bits per heavy atom. The predicted octanol–water partition coefficient (Wildman–Crippen LogP) is 1.32. The molecule has 0 radical (unpaired) electrons. The van der Waals surface area contributed by atoms with E-state index in [9.17, 15) is 8.42 Å². The lowest BCUT2D eigenvalue weighted by atomic mass is 9.96. The largest absolute Gasteiger partial charge is 0.322 e. The minimum absolute atomic E-state index is 0.120. The Bertz CT molecular complexity index is 514. The van der Waals surface area contributed by atoms with Crippen LogP contribution in [0.15, 0.2) is 29.2 Å². The number of nitrogens with one attached hydrogen (secondary N) is 1. The molecule has 1 aromatic rings. The monoisotopic (exact) mass is 254 g/mol. The lowest BCUT2D eigenvalue weighted by Crippen LogP contribution is -2.30. The first-order valence-corrected chi connectivity index (χ1v) is 7.19. The SMILES string of the molecule is CC(C)(N)c1cccc(S(=O)(=O)NC2CC2)c1. The van der Waals surface area contributed by atoms with E-state index in [4.69, 9.17) is 5.73 Å². The Kier molecular flexibility index (Phi) is 3.01. The van der Waals surface area contributed by atoms with Crippen LogP contribution in [0, 0.1) is 0 Å². The highest BCUT2D eigenvalue weighted by Crippen LogP contribution is 2.24. The van der Waals surface area contributed by atoms with Gasteiger partial charge in [-0.15, -0.1) is 0 Å². The minimum atomic E-state index is -3.39. The van der Waals surface area contributed by atoms with Gasteiger partial charge in [0, 0.05) is 11.6 Å². The van der Waals surface area contributed by atoms with Gasteiger partial charge in [0.25, 0.3) is 0 Å². The third kappa shape index (κ3) is 3.06. The Morgan fingerprint density at radius 2 is 2.00 bits per heavy atom. The quantitative estimate of drug-likeness (QED) is 0.851. The molecule has 2 rings (SSSR count). The van der Waals surface area contributed by atoms with Crippen molar-refractivity contribution in [2.45, 2.75) is 43.2 Å². The Morgan fingerprint density at radius 1 is 1.35 bits per heavy atom. The lowest BCUT2D eigenvalue weighted by Gasteiger charge is -2.19. The summed E-state index contributed by atoms with van der Waals surface area (Å²) in [4.78, 5) is 0.292. The summed E-state index contributed by atoms with van der Waals surface area (Å²) < 4.78 is 26.7. The number of hydrogen-bond donors (Lipinski definition) is 2. The van der Waals surface area contributed by atoms with Crippen molar-refractivity contribution in [1.29, 1.82) is 0 Å². The molecule has 0 atom stereocenters. The van der Waals surface area contributed by atoms with Crippen LogP contribution in [0.3, 0.4) is 0 Å². The fourth-order valence-corrected chi connectivity index (χ4v) is 2.90. The summed E-state index contributed by atoms with van der Waals surface area (Å²) in [5, 5.41) is 0. The summed E-state index contributed by atoms with van der Waals surface area (Å²) in [5.74, 6) is 0. The van der Waals surface area contributed by atoms with Crippen LogP contribution in [-0.2, 0) is 15.6 Å². The molecule has 0 aromatic heterocycles. The molecule has 0 amide bonds. The molecule has 0 bridgehead atoms. The van der Waals surface area contributed by atoms with Crippen molar-refractivity contribution in [2.75, 3.05) is 0 Å². The fraction of sp³-hybridized carbons (Fsp3) is 0.500. The van der Waals surface area contributed by atoms with Gasteiger partial charge in [0.05, 0.1) is 4.90 Å². The summed E-state index contributed by atoms with van der Waals surface area (Å²) in [7, 11) is -3.39. The van der Waals surface area contributed by atoms with Crippen LogP contribution in [0.2, 0.25) is 0 Å². The number of benzene rings is 1. The standard InChI is InChI=1S/C12H18N2O2S/c1-12(2,13)9-4-3-5-11(8-9)17(15,16)14-10-6-7-10/h3-5,8,10,14H,6-7,13H2,1-2H3. The zero-order valence-corrected chi connectivity index (χ0v) is 10.9. The van der Waals surface area contributed by atoms with E-state index in [0.717, 1.165) is 18.4 Å². The first-order valence-electron chi connectivity index (χ1n) is 5.71. The van der Waals surface area contributed by atoms with Crippen LogP contribution >= 0.6 is 0 Å². The van der Waals surface area contributed by atoms with Crippen molar-refractivity contribution in [3.8, 4) is 0 Å². The molecule has 0 saturated heterocycles. The highest BCUT2D eigenvalue weighted by molar-refractivity contribution is 7.89. The van der Waals surface area contributed by atoms with Gasteiger partial charge in [0.1, 0.15) is 0 Å². The number of hydrogen-bond acceptors (Lipinski definition) is 3. The fourth-order valence-electron chi connectivity index (χ4n) is 1.55. The Balaban J connectivity index is 2.32. The van der Waals surface area contributed by atoms with E-state index in [0.29, 0.717) is 4.90 Å². The van der Waals surface area contributed by atoms with E-state index in [1.54, 1.807) is 18.2 Å². The van der Waals surface area contributed by atoms with Gasteiger partial charge in [-0.2, -0.15) is 0 Å². The molecule has 94 valence electrons. The predicted molar refractivity (Wildman–Crippen MR) is 67.0 cm³/mol. The highest BCUT2D eigenvalue weighted by Gasteiger charge is 2.28. The molecule has 1 aliphatic rings. The molecular formula is C12H18N2O2S. The molecule has 5 heteroatoms. The summed E-state index contributed by atoms with van der Waals surface area (Å²) >= 11 is 0. The van der Waals surface area contributed by atoms with Crippen LogP contribution in [-0.4, -0.2) is 14.5 Å². The second-order valence-electron chi connectivity index (χ2n) is 5.15. The normalized spacial score (nSPS) is 17.1. The van der Waals surface area contributed by atoms with Crippen LogP contribution in [0.1, 0.15) is 32.3 Å². The minimum Gasteiger partial charge on any atom is -0.322 e.